The largest absolute Gasteiger partial charge is 0.382 e. The van der Waals surface area contributed by atoms with Crippen LogP contribution in [0.5, 0.6) is 0 Å². The number of amides is 1. The van der Waals surface area contributed by atoms with E-state index in [4.69, 9.17) is 5.73 Å². The highest BCUT2D eigenvalue weighted by atomic mass is 32.2. The summed E-state index contributed by atoms with van der Waals surface area (Å²) in [5.74, 6) is -0.0920. The molecule has 0 unspecified atom stereocenters. The highest BCUT2D eigenvalue weighted by Gasteiger charge is 2.23. The van der Waals surface area contributed by atoms with Gasteiger partial charge in [0.15, 0.2) is 0 Å². The minimum absolute atomic E-state index is 0.114. The number of para-hydroxylation sites is 1. The number of nitrogens with zero attached hydrogens (tertiary/aromatic N) is 4. The van der Waals surface area contributed by atoms with Crippen LogP contribution in [0.4, 0.5) is 5.82 Å². The lowest BCUT2D eigenvalue weighted by Gasteiger charge is -2.16. The van der Waals surface area contributed by atoms with Gasteiger partial charge in [0.2, 0.25) is 10.0 Å². The smallest absolute Gasteiger partial charge is 0.251 e. The molecule has 1 heterocycles. The zero-order valence-electron chi connectivity index (χ0n) is 19.7. The molecule has 178 valence electrons. The maximum Gasteiger partial charge on any atom is 0.251 e. The second kappa shape index (κ2) is 10.1. The first-order valence-corrected chi connectivity index (χ1v) is 12.2. The van der Waals surface area contributed by atoms with Gasteiger partial charge in [0.1, 0.15) is 17.5 Å². The molecule has 1 amide bonds. The van der Waals surface area contributed by atoms with Gasteiger partial charge in [-0.1, -0.05) is 18.2 Å². The molecule has 0 radical (unpaired) electrons. The quantitative estimate of drug-likeness (QED) is 0.476. The normalized spacial score (nSPS) is 11.4. The molecule has 3 N–H and O–H groups in total. The van der Waals surface area contributed by atoms with E-state index in [1.165, 1.54) is 24.8 Å². The number of hydrogen-bond acceptors (Lipinski definition) is 6. The molecule has 34 heavy (non-hydrogen) atoms. The van der Waals surface area contributed by atoms with Gasteiger partial charge in [-0.15, -0.1) is 0 Å². The summed E-state index contributed by atoms with van der Waals surface area (Å²) in [6.07, 6.45) is 0.972. The van der Waals surface area contributed by atoms with E-state index in [-0.39, 0.29) is 22.2 Å². The molecule has 3 rings (SSSR count). The number of sulfonamides is 1. The summed E-state index contributed by atoms with van der Waals surface area (Å²) in [6.45, 7) is 3.82. The summed E-state index contributed by atoms with van der Waals surface area (Å²) in [4.78, 5) is 12.8. The minimum Gasteiger partial charge on any atom is -0.382 e. The molecule has 0 bridgehead atoms. The van der Waals surface area contributed by atoms with Crippen LogP contribution in [0.25, 0.3) is 5.69 Å². The van der Waals surface area contributed by atoms with E-state index in [0.29, 0.717) is 41.8 Å². The first-order chi connectivity index (χ1) is 16.1. The number of anilines is 1. The lowest BCUT2D eigenvalue weighted by molar-refractivity contribution is 0.0953. The van der Waals surface area contributed by atoms with Crippen LogP contribution in [0, 0.1) is 25.2 Å². The topological polar surface area (TPSA) is 134 Å². The fourth-order valence-electron chi connectivity index (χ4n) is 3.52. The van der Waals surface area contributed by atoms with Gasteiger partial charge >= 0.3 is 0 Å². The van der Waals surface area contributed by atoms with Crippen molar-refractivity contribution >= 4 is 21.7 Å². The number of nitrogen functional groups attached to an aromatic ring is 1. The molecule has 0 aliphatic carbocycles. The number of nitriles is 1. The Hall–Kier alpha value is -3.68. The van der Waals surface area contributed by atoms with Crippen LogP contribution >= 0.6 is 0 Å². The van der Waals surface area contributed by atoms with Crippen LogP contribution in [0.1, 0.15) is 39.2 Å². The summed E-state index contributed by atoms with van der Waals surface area (Å²) in [5, 5.41) is 16.8. The minimum atomic E-state index is -3.68. The molecule has 1 aromatic heterocycles. The van der Waals surface area contributed by atoms with Crippen molar-refractivity contribution in [2.45, 2.75) is 31.6 Å². The first-order valence-electron chi connectivity index (χ1n) is 10.7. The van der Waals surface area contributed by atoms with Crippen LogP contribution in [0.2, 0.25) is 0 Å². The van der Waals surface area contributed by atoms with Gasteiger partial charge in [-0.2, -0.15) is 10.4 Å². The van der Waals surface area contributed by atoms with Gasteiger partial charge in [-0.25, -0.2) is 17.4 Å². The summed E-state index contributed by atoms with van der Waals surface area (Å²) >= 11 is 0. The Morgan fingerprint density at radius 1 is 1.21 bits per heavy atom. The molecule has 3 aromatic rings. The summed E-state index contributed by atoms with van der Waals surface area (Å²) in [6, 6.07) is 14.5. The van der Waals surface area contributed by atoms with Crippen molar-refractivity contribution < 1.29 is 13.2 Å². The van der Waals surface area contributed by atoms with Crippen LogP contribution in [-0.2, 0) is 16.4 Å². The summed E-state index contributed by atoms with van der Waals surface area (Å²) in [5.41, 5.74) is 9.37. The summed E-state index contributed by atoms with van der Waals surface area (Å²) in [7, 11) is -0.766. The van der Waals surface area contributed by atoms with Crippen molar-refractivity contribution in [2.24, 2.45) is 0 Å². The van der Waals surface area contributed by atoms with Crippen LogP contribution in [-0.4, -0.2) is 49.1 Å². The third-order valence-corrected chi connectivity index (χ3v) is 7.56. The Morgan fingerprint density at radius 2 is 1.88 bits per heavy atom. The number of nitrogens with one attached hydrogen (secondary N) is 1. The fourth-order valence-corrected chi connectivity index (χ4v) is 4.74. The molecule has 0 saturated carbocycles. The molecular weight excluding hydrogens is 452 g/mol. The zero-order valence-corrected chi connectivity index (χ0v) is 20.5. The Labute approximate surface area is 199 Å². The van der Waals surface area contributed by atoms with Gasteiger partial charge in [0.25, 0.3) is 5.91 Å². The monoisotopic (exact) mass is 480 g/mol. The number of hydrogen-bond donors (Lipinski definition) is 2. The maximum absolute atomic E-state index is 12.7. The van der Waals surface area contributed by atoms with E-state index in [2.05, 4.69) is 16.5 Å². The van der Waals surface area contributed by atoms with Crippen molar-refractivity contribution in [3.05, 3.63) is 70.4 Å². The van der Waals surface area contributed by atoms with E-state index in [1.54, 1.807) is 19.9 Å². The van der Waals surface area contributed by atoms with Gasteiger partial charge in [0, 0.05) is 26.2 Å². The van der Waals surface area contributed by atoms with Gasteiger partial charge < -0.3 is 11.1 Å². The molecule has 10 heteroatoms. The number of aryl methyl sites for hydroxylation is 2. The number of nitrogens with two attached hydrogens (primary N) is 1. The molecule has 0 aliphatic heterocycles. The number of aromatic nitrogens is 2. The van der Waals surface area contributed by atoms with Crippen LogP contribution in [0.15, 0.2) is 47.4 Å². The third kappa shape index (κ3) is 4.95. The van der Waals surface area contributed by atoms with Gasteiger partial charge in [-0.05, 0) is 62.1 Å². The van der Waals surface area contributed by atoms with Crippen molar-refractivity contribution in [3.8, 4) is 11.8 Å². The Morgan fingerprint density at radius 3 is 2.50 bits per heavy atom. The molecule has 0 atom stereocenters. The molecule has 2 aromatic carbocycles. The van der Waals surface area contributed by atoms with Crippen LogP contribution < -0.4 is 11.1 Å². The number of rotatable bonds is 8. The van der Waals surface area contributed by atoms with E-state index in [1.807, 2.05) is 30.3 Å². The average molecular weight is 481 g/mol. The molecule has 9 nitrogen and oxygen atoms in total. The number of benzene rings is 2. The number of carbonyl (C=O) groups is 1. The second-order valence-corrected chi connectivity index (χ2v) is 10.2. The predicted octanol–water partition coefficient (Wildman–Crippen LogP) is 2.56. The van der Waals surface area contributed by atoms with Crippen molar-refractivity contribution in [1.29, 1.82) is 5.26 Å². The van der Waals surface area contributed by atoms with E-state index < -0.39 is 10.0 Å². The average Bonchev–Trinajstić information content (AvgIpc) is 3.13. The van der Waals surface area contributed by atoms with Crippen molar-refractivity contribution in [2.75, 3.05) is 26.4 Å². The van der Waals surface area contributed by atoms with Crippen molar-refractivity contribution in [3.63, 3.8) is 0 Å². The SMILES string of the molecule is Cc1cc(C(=O)NCCCc2nn(-c3ccccc3)c(N)c2C#N)cc(S(=O)(=O)N(C)C)c1C. The van der Waals surface area contributed by atoms with Gasteiger partial charge in [-0.3, -0.25) is 4.79 Å². The molecule has 0 saturated heterocycles. The molecule has 0 fully saturated rings. The van der Waals surface area contributed by atoms with E-state index >= 15 is 0 Å². The predicted molar refractivity (Wildman–Crippen MR) is 130 cm³/mol. The Kier molecular flexibility index (Phi) is 7.39. The highest BCUT2D eigenvalue weighted by molar-refractivity contribution is 7.89. The second-order valence-electron chi connectivity index (χ2n) is 8.13. The Bertz CT molecular complexity index is 1360. The lowest BCUT2D eigenvalue weighted by Crippen LogP contribution is -2.27. The van der Waals surface area contributed by atoms with Crippen molar-refractivity contribution in [1.82, 2.24) is 19.4 Å². The molecule has 0 aliphatic rings. The van der Waals surface area contributed by atoms with E-state index in [9.17, 15) is 18.5 Å². The third-order valence-electron chi connectivity index (χ3n) is 5.62. The molecular formula is C24H28N6O3S. The Balaban J connectivity index is 1.70. The fraction of sp³-hybridized carbons (Fsp3) is 0.292. The first kappa shape index (κ1) is 25.0. The van der Waals surface area contributed by atoms with E-state index in [0.717, 1.165) is 9.99 Å². The lowest BCUT2D eigenvalue weighted by atomic mass is 10.1. The molecule has 0 spiro atoms. The standard InChI is InChI=1S/C24H28N6O3S/c1-16-13-18(14-22(17(16)2)34(32,33)29(3)4)24(31)27-12-8-11-21-20(15-25)23(26)30(28-21)19-9-6-5-7-10-19/h5-7,9-10,13-14H,8,11-12,26H2,1-4H3,(H,27,31). The van der Waals surface area contributed by atoms with Crippen LogP contribution in [0.3, 0.4) is 0 Å². The summed E-state index contributed by atoms with van der Waals surface area (Å²) < 4.78 is 27.9. The highest BCUT2D eigenvalue weighted by Crippen LogP contribution is 2.24. The number of carbonyl (C=O) groups excluding carboxylic acids is 1. The van der Waals surface area contributed by atoms with Gasteiger partial charge in [0.05, 0.1) is 16.3 Å². The zero-order chi connectivity index (χ0) is 25.0. The maximum atomic E-state index is 12.7.